The number of hydrogen-bond acceptors (Lipinski definition) is 4. The first kappa shape index (κ1) is 21.2. The predicted molar refractivity (Wildman–Crippen MR) is 108 cm³/mol. The van der Waals surface area contributed by atoms with Gasteiger partial charge >= 0.3 is 5.97 Å². The molecule has 1 aliphatic rings. The fraction of sp³-hybridized carbons (Fsp3) is 0.478. The number of esters is 1. The van der Waals surface area contributed by atoms with Gasteiger partial charge in [0.1, 0.15) is 5.82 Å². The van der Waals surface area contributed by atoms with Crippen LogP contribution in [-0.2, 0) is 26.2 Å². The molecule has 0 N–H and O–H groups in total. The molecule has 0 atom stereocenters. The lowest BCUT2D eigenvalue weighted by atomic mass is 9.78. The Balaban J connectivity index is 1.74. The molecule has 29 heavy (non-hydrogen) atoms. The van der Waals surface area contributed by atoms with Crippen molar-refractivity contribution >= 4 is 11.8 Å². The number of nitrogens with zero attached hydrogens (tertiary/aromatic N) is 1. The minimum atomic E-state index is -0.999. The molecule has 0 aliphatic heterocycles. The van der Waals surface area contributed by atoms with Gasteiger partial charge in [-0.25, -0.2) is 4.39 Å². The van der Waals surface area contributed by atoms with Crippen LogP contribution in [0.5, 0.6) is 0 Å². The maximum atomic E-state index is 14.4. The van der Waals surface area contributed by atoms with Gasteiger partial charge in [-0.2, -0.15) is 0 Å². The normalized spacial score (nSPS) is 15.4. The first-order chi connectivity index (χ1) is 13.9. The van der Waals surface area contributed by atoms with Gasteiger partial charge < -0.3 is 14.0 Å². The summed E-state index contributed by atoms with van der Waals surface area (Å²) < 4.78 is 27.0. The van der Waals surface area contributed by atoms with Gasteiger partial charge in [0.05, 0.1) is 12.0 Å². The lowest BCUT2D eigenvalue weighted by molar-refractivity contribution is -0.149. The fourth-order valence-corrected chi connectivity index (χ4v) is 4.37. The SMILES string of the molecule is COCCn1c(C)cc(C(=O)COC(=O)C2(c3ccccc3F)CCCC2)c1C. The van der Waals surface area contributed by atoms with Crippen LogP contribution in [0.15, 0.2) is 30.3 Å². The number of carbonyl (C=O) groups is 2. The zero-order chi connectivity index (χ0) is 21.0. The largest absolute Gasteiger partial charge is 0.457 e. The third kappa shape index (κ3) is 4.13. The van der Waals surface area contributed by atoms with Crippen LogP contribution in [0.3, 0.4) is 0 Å². The van der Waals surface area contributed by atoms with Crippen molar-refractivity contribution in [1.29, 1.82) is 0 Å². The zero-order valence-corrected chi connectivity index (χ0v) is 17.3. The summed E-state index contributed by atoms with van der Waals surface area (Å²) in [5.74, 6) is -1.17. The van der Waals surface area contributed by atoms with E-state index in [2.05, 4.69) is 0 Å². The topological polar surface area (TPSA) is 57.5 Å². The summed E-state index contributed by atoms with van der Waals surface area (Å²) in [6.45, 7) is 4.65. The Morgan fingerprint density at radius 2 is 1.86 bits per heavy atom. The molecule has 0 amide bonds. The number of halogens is 1. The Labute approximate surface area is 170 Å². The van der Waals surface area contributed by atoms with Crippen molar-refractivity contribution in [2.75, 3.05) is 20.3 Å². The summed E-state index contributed by atoms with van der Waals surface area (Å²) in [7, 11) is 1.63. The molecular formula is C23H28FNO4. The number of benzene rings is 1. The molecule has 3 rings (SSSR count). The number of ketones is 1. The van der Waals surface area contributed by atoms with Crippen LogP contribution in [0.1, 0.15) is 53.0 Å². The number of Topliss-reactive ketones (excluding diaryl/α,β-unsaturated/α-hetero) is 1. The highest BCUT2D eigenvalue weighted by Crippen LogP contribution is 2.43. The first-order valence-electron chi connectivity index (χ1n) is 10.0. The Bertz CT molecular complexity index is 896. The van der Waals surface area contributed by atoms with Crippen LogP contribution in [-0.4, -0.2) is 36.6 Å². The minimum absolute atomic E-state index is 0.253. The molecule has 1 aromatic heterocycles. The highest BCUT2D eigenvalue weighted by molar-refractivity contribution is 5.99. The monoisotopic (exact) mass is 401 g/mol. The van der Waals surface area contributed by atoms with Crippen LogP contribution in [0, 0.1) is 19.7 Å². The molecule has 1 fully saturated rings. The first-order valence-corrected chi connectivity index (χ1v) is 10.0. The van der Waals surface area contributed by atoms with Gasteiger partial charge in [-0.15, -0.1) is 0 Å². The molecular weight excluding hydrogens is 373 g/mol. The Kier molecular flexibility index (Phi) is 6.52. The van der Waals surface area contributed by atoms with Gasteiger partial charge in [0.25, 0.3) is 0 Å². The third-order valence-electron chi connectivity index (χ3n) is 5.96. The van der Waals surface area contributed by atoms with E-state index in [9.17, 15) is 14.0 Å². The third-order valence-corrected chi connectivity index (χ3v) is 5.96. The smallest absolute Gasteiger partial charge is 0.317 e. The van der Waals surface area contributed by atoms with Gasteiger partial charge in [0.2, 0.25) is 5.78 Å². The van der Waals surface area contributed by atoms with Crippen molar-refractivity contribution in [2.45, 2.75) is 51.5 Å². The summed E-state index contributed by atoms with van der Waals surface area (Å²) in [4.78, 5) is 25.7. The highest BCUT2D eigenvalue weighted by atomic mass is 19.1. The van der Waals surface area contributed by atoms with Gasteiger partial charge in [0.15, 0.2) is 6.61 Å². The van der Waals surface area contributed by atoms with Crippen LogP contribution in [0.2, 0.25) is 0 Å². The second-order valence-electron chi connectivity index (χ2n) is 7.70. The van der Waals surface area contributed by atoms with Crippen LogP contribution < -0.4 is 0 Å². The standard InChI is InChI=1S/C23H28FNO4/c1-16-14-18(17(2)25(16)12-13-28-3)21(26)15-29-22(27)23(10-6-7-11-23)19-8-4-5-9-20(19)24/h4-5,8-9,14H,6-7,10-13,15H2,1-3H3. The summed E-state index contributed by atoms with van der Waals surface area (Å²) in [6, 6.07) is 8.15. The summed E-state index contributed by atoms with van der Waals surface area (Å²) in [5.41, 5.74) is 1.68. The van der Waals surface area contributed by atoms with Crippen LogP contribution in [0.25, 0.3) is 0 Å². The van der Waals surface area contributed by atoms with Gasteiger partial charge in [0, 0.05) is 36.2 Å². The number of aryl methyl sites for hydroxylation is 1. The Morgan fingerprint density at radius 3 is 2.52 bits per heavy atom. The summed E-state index contributed by atoms with van der Waals surface area (Å²) in [5, 5.41) is 0. The number of ether oxygens (including phenoxy) is 2. The Morgan fingerprint density at radius 1 is 1.17 bits per heavy atom. The van der Waals surface area contributed by atoms with E-state index < -0.39 is 17.2 Å². The average Bonchev–Trinajstić information content (AvgIpc) is 3.31. The molecule has 1 heterocycles. The maximum absolute atomic E-state index is 14.4. The zero-order valence-electron chi connectivity index (χ0n) is 17.3. The van der Waals surface area contributed by atoms with E-state index in [1.165, 1.54) is 6.07 Å². The van der Waals surface area contributed by atoms with E-state index >= 15 is 0 Å². The van der Waals surface area contributed by atoms with Crippen LogP contribution in [0.4, 0.5) is 4.39 Å². The second-order valence-corrected chi connectivity index (χ2v) is 7.70. The van der Waals surface area contributed by atoms with E-state index in [0.717, 1.165) is 24.2 Å². The van der Waals surface area contributed by atoms with Gasteiger partial charge in [-0.05, 0) is 38.8 Å². The molecule has 0 unspecified atom stereocenters. The quantitative estimate of drug-likeness (QED) is 0.493. The second kappa shape index (κ2) is 8.91. The molecule has 0 bridgehead atoms. The number of carbonyl (C=O) groups excluding carboxylic acids is 2. The van der Waals surface area contributed by atoms with Gasteiger partial charge in [-0.1, -0.05) is 31.0 Å². The van der Waals surface area contributed by atoms with E-state index in [1.807, 2.05) is 24.5 Å². The number of aromatic nitrogens is 1. The summed E-state index contributed by atoms with van der Waals surface area (Å²) in [6.07, 6.45) is 2.73. The van der Waals surface area contributed by atoms with Crippen molar-refractivity contribution in [2.24, 2.45) is 0 Å². The molecule has 0 saturated heterocycles. The van der Waals surface area contributed by atoms with E-state index in [-0.39, 0.29) is 12.4 Å². The molecule has 2 aromatic rings. The number of rotatable bonds is 8. The van der Waals surface area contributed by atoms with Crippen molar-refractivity contribution < 1.29 is 23.5 Å². The molecule has 6 heteroatoms. The molecule has 0 radical (unpaired) electrons. The lowest BCUT2D eigenvalue weighted by Crippen LogP contribution is -2.36. The number of hydrogen-bond donors (Lipinski definition) is 0. The van der Waals surface area contributed by atoms with Crippen molar-refractivity contribution in [3.8, 4) is 0 Å². The highest BCUT2D eigenvalue weighted by Gasteiger charge is 2.46. The number of methoxy groups -OCH3 is 1. The van der Waals surface area contributed by atoms with Gasteiger partial charge in [-0.3, -0.25) is 9.59 Å². The van der Waals surface area contributed by atoms with Crippen molar-refractivity contribution in [3.05, 3.63) is 58.7 Å². The van der Waals surface area contributed by atoms with E-state index in [1.54, 1.807) is 25.3 Å². The van der Waals surface area contributed by atoms with E-state index in [4.69, 9.17) is 9.47 Å². The Hall–Kier alpha value is -2.47. The predicted octanol–water partition coefficient (Wildman–Crippen LogP) is 4.13. The molecule has 1 aliphatic carbocycles. The fourth-order valence-electron chi connectivity index (χ4n) is 4.37. The molecule has 5 nitrogen and oxygen atoms in total. The van der Waals surface area contributed by atoms with Crippen LogP contribution >= 0.6 is 0 Å². The van der Waals surface area contributed by atoms with Crippen molar-refractivity contribution in [1.82, 2.24) is 4.57 Å². The molecule has 1 saturated carbocycles. The summed E-state index contributed by atoms with van der Waals surface area (Å²) >= 11 is 0. The molecule has 1 aromatic carbocycles. The van der Waals surface area contributed by atoms with Crippen molar-refractivity contribution in [3.63, 3.8) is 0 Å². The average molecular weight is 401 g/mol. The molecule has 0 spiro atoms. The maximum Gasteiger partial charge on any atom is 0.317 e. The lowest BCUT2D eigenvalue weighted by Gasteiger charge is -2.27. The molecule has 156 valence electrons. The van der Waals surface area contributed by atoms with E-state index in [0.29, 0.717) is 37.1 Å². The minimum Gasteiger partial charge on any atom is -0.457 e.